The molecular weight excluding hydrogens is 274 g/mol. The first kappa shape index (κ1) is 15.1. The number of hydrogen-bond acceptors (Lipinski definition) is 3. The monoisotopic (exact) mass is 297 g/mol. The zero-order valence-electron chi connectivity index (χ0n) is 13.4. The molecule has 1 saturated carbocycles. The molecule has 0 bridgehead atoms. The minimum Gasteiger partial charge on any atom is -0.349 e. The van der Waals surface area contributed by atoms with Crippen molar-refractivity contribution < 1.29 is 4.79 Å². The molecule has 0 atom stereocenters. The Balaban J connectivity index is 1.68. The van der Waals surface area contributed by atoms with Gasteiger partial charge in [-0.05, 0) is 63.9 Å². The van der Waals surface area contributed by atoms with E-state index in [1.165, 1.54) is 6.42 Å². The fraction of sp³-hybridized carbons (Fsp3) is 0.556. The number of carbonyl (C=O) groups excluding carboxylic acids is 1. The van der Waals surface area contributed by atoms with Gasteiger partial charge in [-0.15, -0.1) is 0 Å². The van der Waals surface area contributed by atoms with Gasteiger partial charge in [-0.1, -0.05) is 12.1 Å². The van der Waals surface area contributed by atoms with Gasteiger partial charge < -0.3 is 10.2 Å². The minimum atomic E-state index is -0.585. The predicted octanol–water partition coefficient (Wildman–Crippen LogP) is 2.19. The third-order valence-electron chi connectivity index (χ3n) is 5.01. The Morgan fingerprint density at radius 1 is 1.32 bits per heavy atom. The summed E-state index contributed by atoms with van der Waals surface area (Å²) in [7, 11) is 0. The zero-order valence-corrected chi connectivity index (χ0v) is 13.4. The summed E-state index contributed by atoms with van der Waals surface area (Å²) in [5.74, 6) is 0.0789. The van der Waals surface area contributed by atoms with E-state index < -0.39 is 5.41 Å². The van der Waals surface area contributed by atoms with Crippen molar-refractivity contribution >= 4 is 5.91 Å². The van der Waals surface area contributed by atoms with Gasteiger partial charge in [0.2, 0.25) is 5.91 Å². The second-order valence-electron chi connectivity index (χ2n) is 7.18. The van der Waals surface area contributed by atoms with Crippen molar-refractivity contribution in [1.29, 1.82) is 5.26 Å². The second kappa shape index (κ2) is 5.40. The number of nitriles is 1. The molecule has 1 aromatic carbocycles. The summed E-state index contributed by atoms with van der Waals surface area (Å²) in [6, 6.07) is 9.43. The van der Waals surface area contributed by atoms with Crippen LogP contribution in [0.15, 0.2) is 24.3 Å². The first-order chi connectivity index (χ1) is 10.5. The quantitative estimate of drug-likeness (QED) is 0.906. The Hall–Kier alpha value is -1.86. The molecule has 1 aliphatic heterocycles. The summed E-state index contributed by atoms with van der Waals surface area (Å²) in [4.78, 5) is 15.2. The lowest BCUT2D eigenvalue weighted by Crippen LogP contribution is -2.53. The molecule has 0 radical (unpaired) electrons. The molecule has 2 fully saturated rings. The molecule has 1 N–H and O–H groups in total. The van der Waals surface area contributed by atoms with E-state index >= 15 is 0 Å². The van der Waals surface area contributed by atoms with Gasteiger partial charge in [0, 0.05) is 6.54 Å². The summed E-state index contributed by atoms with van der Waals surface area (Å²) >= 11 is 0. The smallest absolute Gasteiger partial charge is 0.230 e. The van der Waals surface area contributed by atoms with E-state index in [4.69, 9.17) is 5.26 Å². The van der Waals surface area contributed by atoms with E-state index in [1.54, 1.807) is 12.1 Å². The Kier molecular flexibility index (Phi) is 3.70. The van der Waals surface area contributed by atoms with Crippen LogP contribution in [-0.2, 0) is 10.2 Å². The molecule has 0 aromatic heterocycles. The highest BCUT2D eigenvalue weighted by atomic mass is 16.2. The number of carbonyl (C=O) groups is 1. The lowest BCUT2D eigenvalue weighted by Gasteiger charge is -2.36. The van der Waals surface area contributed by atoms with Gasteiger partial charge in [0.1, 0.15) is 0 Å². The SMILES string of the molecule is CC(C)(C(=O)NC1(CN2CCC2)CC1)c1ccc(C#N)cc1. The number of likely N-dealkylation sites (tertiary alicyclic amines) is 1. The van der Waals surface area contributed by atoms with E-state index in [0.717, 1.165) is 38.0 Å². The average molecular weight is 297 g/mol. The minimum absolute atomic E-state index is 0.00136. The van der Waals surface area contributed by atoms with Gasteiger partial charge in [-0.2, -0.15) is 5.26 Å². The highest BCUT2D eigenvalue weighted by Crippen LogP contribution is 2.38. The lowest BCUT2D eigenvalue weighted by molar-refractivity contribution is -0.126. The zero-order chi connectivity index (χ0) is 15.8. The molecule has 4 nitrogen and oxygen atoms in total. The number of nitrogens with zero attached hydrogens (tertiary/aromatic N) is 2. The molecule has 1 aromatic rings. The summed E-state index contributed by atoms with van der Waals surface area (Å²) in [6.45, 7) is 7.21. The van der Waals surface area contributed by atoms with Crippen LogP contribution in [0.25, 0.3) is 0 Å². The van der Waals surface area contributed by atoms with Crippen molar-refractivity contribution in [3.63, 3.8) is 0 Å². The molecule has 1 saturated heterocycles. The van der Waals surface area contributed by atoms with Crippen molar-refractivity contribution in [2.45, 2.75) is 44.1 Å². The molecule has 22 heavy (non-hydrogen) atoms. The number of nitrogens with one attached hydrogen (secondary N) is 1. The van der Waals surface area contributed by atoms with Crippen molar-refractivity contribution in [3.8, 4) is 6.07 Å². The highest BCUT2D eigenvalue weighted by molar-refractivity contribution is 5.88. The van der Waals surface area contributed by atoms with E-state index in [2.05, 4.69) is 16.3 Å². The molecular formula is C18H23N3O. The maximum Gasteiger partial charge on any atom is 0.230 e. The van der Waals surface area contributed by atoms with Gasteiger partial charge in [-0.25, -0.2) is 0 Å². The summed E-state index contributed by atoms with van der Waals surface area (Å²) < 4.78 is 0. The number of rotatable bonds is 5. The van der Waals surface area contributed by atoms with Crippen LogP contribution in [0.5, 0.6) is 0 Å². The Bertz CT molecular complexity index is 604. The Morgan fingerprint density at radius 2 is 1.95 bits per heavy atom. The number of amides is 1. The summed E-state index contributed by atoms with van der Waals surface area (Å²) in [5, 5.41) is 12.2. The molecule has 0 spiro atoms. The largest absolute Gasteiger partial charge is 0.349 e. The molecule has 4 heteroatoms. The van der Waals surface area contributed by atoms with Crippen LogP contribution in [0.1, 0.15) is 44.2 Å². The lowest BCUT2D eigenvalue weighted by atomic mass is 9.83. The summed E-state index contributed by atoms with van der Waals surface area (Å²) in [5.41, 5.74) is 0.986. The summed E-state index contributed by atoms with van der Waals surface area (Å²) in [6.07, 6.45) is 3.44. The van der Waals surface area contributed by atoms with Gasteiger partial charge in [0.25, 0.3) is 0 Å². The third-order valence-corrected chi connectivity index (χ3v) is 5.01. The van der Waals surface area contributed by atoms with E-state index in [1.807, 2.05) is 26.0 Å². The van der Waals surface area contributed by atoms with Gasteiger partial charge in [-0.3, -0.25) is 4.79 Å². The van der Waals surface area contributed by atoms with Gasteiger partial charge >= 0.3 is 0 Å². The molecule has 1 heterocycles. The van der Waals surface area contributed by atoms with Crippen LogP contribution in [0.2, 0.25) is 0 Å². The number of hydrogen-bond donors (Lipinski definition) is 1. The molecule has 1 aliphatic carbocycles. The van der Waals surface area contributed by atoms with Crippen molar-refractivity contribution in [1.82, 2.24) is 10.2 Å². The predicted molar refractivity (Wildman–Crippen MR) is 85.3 cm³/mol. The van der Waals surface area contributed by atoms with E-state index in [-0.39, 0.29) is 11.4 Å². The third kappa shape index (κ3) is 2.86. The number of benzene rings is 1. The van der Waals surface area contributed by atoms with Crippen molar-refractivity contribution in [3.05, 3.63) is 35.4 Å². The first-order valence-corrected chi connectivity index (χ1v) is 8.01. The fourth-order valence-electron chi connectivity index (χ4n) is 2.93. The average Bonchev–Trinajstić information content (AvgIpc) is 3.23. The van der Waals surface area contributed by atoms with Crippen molar-refractivity contribution in [2.24, 2.45) is 0 Å². The molecule has 116 valence electrons. The van der Waals surface area contributed by atoms with Crippen LogP contribution in [-0.4, -0.2) is 36.0 Å². The van der Waals surface area contributed by atoms with Crippen molar-refractivity contribution in [2.75, 3.05) is 19.6 Å². The Labute approximate surface area is 132 Å². The normalized spacial score (nSPS) is 19.9. The topological polar surface area (TPSA) is 56.1 Å². The molecule has 1 amide bonds. The maximum absolute atomic E-state index is 12.8. The second-order valence-corrected chi connectivity index (χ2v) is 7.18. The van der Waals surface area contributed by atoms with Gasteiger partial charge in [0.15, 0.2) is 0 Å². The molecule has 2 aliphatic rings. The van der Waals surface area contributed by atoms with E-state index in [0.29, 0.717) is 5.56 Å². The first-order valence-electron chi connectivity index (χ1n) is 8.01. The highest BCUT2D eigenvalue weighted by Gasteiger charge is 2.48. The molecule has 3 rings (SSSR count). The molecule has 0 unspecified atom stereocenters. The van der Waals surface area contributed by atoms with Crippen LogP contribution in [0.3, 0.4) is 0 Å². The van der Waals surface area contributed by atoms with Gasteiger partial charge in [0.05, 0.1) is 22.6 Å². The Morgan fingerprint density at radius 3 is 2.41 bits per heavy atom. The van der Waals surface area contributed by atoms with Crippen LogP contribution >= 0.6 is 0 Å². The van der Waals surface area contributed by atoms with E-state index in [9.17, 15) is 4.79 Å². The van der Waals surface area contributed by atoms with Crippen LogP contribution in [0.4, 0.5) is 0 Å². The fourth-order valence-corrected chi connectivity index (χ4v) is 2.93. The van der Waals surface area contributed by atoms with Crippen LogP contribution in [0, 0.1) is 11.3 Å². The van der Waals surface area contributed by atoms with Crippen LogP contribution < -0.4 is 5.32 Å². The standard InChI is InChI=1S/C18H23N3O/c1-17(2,15-6-4-14(12-19)5-7-15)16(22)20-18(8-9-18)13-21-10-3-11-21/h4-7H,3,8-11,13H2,1-2H3,(H,20,22). The maximum atomic E-state index is 12.8.